The predicted molar refractivity (Wildman–Crippen MR) is 82.7 cm³/mol. The van der Waals surface area contributed by atoms with E-state index in [0.29, 0.717) is 10.7 Å². The predicted octanol–water partition coefficient (Wildman–Crippen LogP) is 1.94. The summed E-state index contributed by atoms with van der Waals surface area (Å²) in [7, 11) is -3.85. The van der Waals surface area contributed by atoms with Crippen LogP contribution in [0.4, 0.5) is 23.2 Å². The number of alkyl halides is 3. The second-order valence-electron chi connectivity index (χ2n) is 5.23. The van der Waals surface area contributed by atoms with Gasteiger partial charge in [-0.2, -0.15) is 28.2 Å². The van der Waals surface area contributed by atoms with Crippen LogP contribution in [0.2, 0.25) is 0 Å². The van der Waals surface area contributed by atoms with Crippen LogP contribution in [-0.4, -0.2) is 24.5 Å². The fourth-order valence-corrected chi connectivity index (χ4v) is 2.67. The highest BCUT2D eigenvalue weighted by Crippen LogP contribution is 2.30. The normalized spacial score (nSPS) is 11.9. The van der Waals surface area contributed by atoms with Gasteiger partial charge in [0.15, 0.2) is 0 Å². The zero-order chi connectivity index (χ0) is 19.9. The summed E-state index contributed by atoms with van der Waals surface area (Å²) in [6.07, 6.45) is -4.04. The fraction of sp³-hybridized carbons (Fsp3) is 0.214. The Labute approximate surface area is 144 Å². The first-order valence-corrected chi connectivity index (χ1v) is 8.62. The van der Waals surface area contributed by atoms with Crippen LogP contribution in [0.5, 0.6) is 0 Å². The molecule has 1 heterocycles. The first-order valence-electron chi connectivity index (χ1n) is 6.73. The molecule has 0 atom stereocenters. The topological polar surface area (TPSA) is 105 Å². The number of aryl methyl sites for hydroxylation is 1. The Kier molecular flexibility index (Phi) is 4.78. The van der Waals surface area contributed by atoms with Crippen LogP contribution in [0.15, 0.2) is 23.0 Å². The lowest BCUT2D eigenvalue weighted by Crippen LogP contribution is -2.26. The highest BCUT2D eigenvalue weighted by molar-refractivity contribution is 7.92. The Morgan fingerprint density at radius 3 is 2.38 bits per heavy atom. The van der Waals surface area contributed by atoms with Gasteiger partial charge in [-0.3, -0.25) is 9.52 Å². The third kappa shape index (κ3) is 3.99. The van der Waals surface area contributed by atoms with E-state index < -0.39 is 44.5 Å². The minimum absolute atomic E-state index is 0.254. The van der Waals surface area contributed by atoms with E-state index in [0.717, 1.165) is 19.2 Å². The Hall–Kier alpha value is -2.94. The number of aromatic nitrogens is 2. The standard InChI is InChI=1S/C14H10F4N4O3S/c1-7-9(14(16,17)18)4-13(23)22(20-7)12-5-11(21-26(2,24)25)8(6-19)3-10(12)15/h3-5,21H,1-2H3. The number of benzene rings is 1. The molecule has 138 valence electrons. The minimum Gasteiger partial charge on any atom is -0.282 e. The molecular weight excluding hydrogens is 380 g/mol. The highest BCUT2D eigenvalue weighted by Gasteiger charge is 2.34. The average molecular weight is 390 g/mol. The van der Waals surface area contributed by atoms with Crippen molar-refractivity contribution in [2.24, 2.45) is 0 Å². The average Bonchev–Trinajstić information content (AvgIpc) is 2.48. The van der Waals surface area contributed by atoms with E-state index in [4.69, 9.17) is 5.26 Å². The lowest BCUT2D eigenvalue weighted by Gasteiger charge is -2.14. The molecule has 0 aliphatic rings. The van der Waals surface area contributed by atoms with Crippen LogP contribution in [-0.2, 0) is 16.2 Å². The van der Waals surface area contributed by atoms with E-state index in [-0.39, 0.29) is 17.3 Å². The number of sulfonamides is 1. The molecule has 7 nitrogen and oxygen atoms in total. The molecule has 0 amide bonds. The molecule has 0 saturated carbocycles. The van der Waals surface area contributed by atoms with E-state index in [1.54, 1.807) is 6.07 Å². The molecular formula is C14H10F4N4O3S. The van der Waals surface area contributed by atoms with E-state index >= 15 is 0 Å². The summed E-state index contributed by atoms with van der Waals surface area (Å²) in [5, 5.41) is 12.4. The molecule has 0 spiro atoms. The number of nitrogens with one attached hydrogen (secondary N) is 1. The monoisotopic (exact) mass is 390 g/mol. The molecule has 0 bridgehead atoms. The molecule has 0 fully saturated rings. The molecule has 1 N–H and O–H groups in total. The van der Waals surface area contributed by atoms with Crippen LogP contribution >= 0.6 is 0 Å². The summed E-state index contributed by atoms with van der Waals surface area (Å²) in [5.41, 5.74) is -4.49. The van der Waals surface area contributed by atoms with Crippen LogP contribution in [0.3, 0.4) is 0 Å². The van der Waals surface area contributed by atoms with Crippen LogP contribution in [0, 0.1) is 24.1 Å². The molecule has 2 aromatic rings. The number of anilines is 1. The number of nitrogens with zero attached hydrogens (tertiary/aromatic N) is 3. The van der Waals surface area contributed by atoms with Gasteiger partial charge in [0.2, 0.25) is 10.0 Å². The van der Waals surface area contributed by atoms with Gasteiger partial charge in [-0.05, 0) is 19.1 Å². The summed E-state index contributed by atoms with van der Waals surface area (Å²) in [4.78, 5) is 12.0. The van der Waals surface area contributed by atoms with Gasteiger partial charge in [-0.15, -0.1) is 0 Å². The second kappa shape index (κ2) is 6.41. The number of nitriles is 1. The van der Waals surface area contributed by atoms with Crippen molar-refractivity contribution in [3.8, 4) is 11.8 Å². The maximum atomic E-state index is 14.2. The lowest BCUT2D eigenvalue weighted by atomic mass is 10.1. The van der Waals surface area contributed by atoms with Crippen molar-refractivity contribution in [2.75, 3.05) is 11.0 Å². The van der Waals surface area contributed by atoms with Gasteiger partial charge in [0.1, 0.15) is 17.6 Å². The molecule has 1 aromatic carbocycles. The van der Waals surface area contributed by atoms with Crippen LogP contribution in [0.25, 0.3) is 5.69 Å². The van der Waals surface area contributed by atoms with Crippen molar-refractivity contribution in [3.05, 3.63) is 51.2 Å². The van der Waals surface area contributed by atoms with Crippen molar-refractivity contribution in [2.45, 2.75) is 13.1 Å². The third-order valence-electron chi connectivity index (χ3n) is 3.15. The first-order chi connectivity index (χ1) is 11.8. The maximum absolute atomic E-state index is 14.2. The Balaban J connectivity index is 2.74. The molecule has 26 heavy (non-hydrogen) atoms. The molecule has 0 unspecified atom stereocenters. The van der Waals surface area contributed by atoms with Gasteiger partial charge in [-0.1, -0.05) is 0 Å². The van der Waals surface area contributed by atoms with Crippen LogP contribution in [0.1, 0.15) is 16.8 Å². The highest BCUT2D eigenvalue weighted by atomic mass is 32.2. The van der Waals surface area contributed by atoms with Crippen molar-refractivity contribution in [3.63, 3.8) is 0 Å². The SMILES string of the molecule is Cc1nn(-c2cc(NS(C)(=O)=O)c(C#N)cc2F)c(=O)cc1C(F)(F)F. The summed E-state index contributed by atoms with van der Waals surface area (Å²) in [6.45, 7) is 0.982. The zero-order valence-electron chi connectivity index (χ0n) is 13.2. The van der Waals surface area contributed by atoms with E-state index in [1.807, 2.05) is 4.72 Å². The van der Waals surface area contributed by atoms with Gasteiger partial charge < -0.3 is 0 Å². The van der Waals surface area contributed by atoms with E-state index in [2.05, 4.69) is 5.10 Å². The summed E-state index contributed by atoms with van der Waals surface area (Å²) < 4.78 is 77.7. The van der Waals surface area contributed by atoms with Crippen molar-refractivity contribution < 1.29 is 26.0 Å². The number of hydrogen-bond acceptors (Lipinski definition) is 5. The quantitative estimate of drug-likeness (QED) is 0.807. The maximum Gasteiger partial charge on any atom is 0.418 e. The van der Waals surface area contributed by atoms with E-state index in [1.165, 1.54) is 0 Å². The number of hydrogen-bond donors (Lipinski definition) is 1. The largest absolute Gasteiger partial charge is 0.418 e. The van der Waals surface area contributed by atoms with Gasteiger partial charge in [0.05, 0.1) is 28.8 Å². The van der Waals surface area contributed by atoms with Crippen molar-refractivity contribution in [1.82, 2.24) is 9.78 Å². The van der Waals surface area contributed by atoms with E-state index in [9.17, 15) is 30.8 Å². The molecule has 0 saturated heterocycles. The van der Waals surface area contributed by atoms with Gasteiger partial charge in [0, 0.05) is 6.07 Å². The molecule has 0 aliphatic carbocycles. The molecule has 2 rings (SSSR count). The van der Waals surface area contributed by atoms with Crippen molar-refractivity contribution in [1.29, 1.82) is 5.26 Å². The number of halogens is 4. The molecule has 12 heteroatoms. The van der Waals surface area contributed by atoms with Crippen molar-refractivity contribution >= 4 is 15.7 Å². The fourth-order valence-electron chi connectivity index (χ4n) is 2.10. The van der Waals surface area contributed by atoms with Crippen LogP contribution < -0.4 is 10.3 Å². The Morgan fingerprint density at radius 2 is 1.88 bits per heavy atom. The summed E-state index contributed by atoms with van der Waals surface area (Å²) >= 11 is 0. The smallest absolute Gasteiger partial charge is 0.282 e. The molecule has 1 aromatic heterocycles. The summed E-state index contributed by atoms with van der Waals surface area (Å²) in [5.74, 6) is -1.14. The summed E-state index contributed by atoms with van der Waals surface area (Å²) in [6, 6.07) is 3.27. The minimum atomic E-state index is -4.82. The third-order valence-corrected chi connectivity index (χ3v) is 3.74. The molecule has 0 aliphatic heterocycles. The van der Waals surface area contributed by atoms with Gasteiger partial charge in [-0.25, -0.2) is 12.8 Å². The zero-order valence-corrected chi connectivity index (χ0v) is 14.0. The number of rotatable bonds is 3. The Morgan fingerprint density at radius 1 is 1.27 bits per heavy atom. The molecule has 0 radical (unpaired) electrons. The first kappa shape index (κ1) is 19.4. The van der Waals surface area contributed by atoms with Gasteiger partial charge in [0.25, 0.3) is 5.56 Å². The Bertz CT molecular complexity index is 1090. The lowest BCUT2D eigenvalue weighted by molar-refractivity contribution is -0.138. The van der Waals surface area contributed by atoms with Gasteiger partial charge >= 0.3 is 6.18 Å². The second-order valence-corrected chi connectivity index (χ2v) is 6.97.